The largest absolute Gasteiger partial charge is 0.277 e. The van der Waals surface area contributed by atoms with Gasteiger partial charge in [-0.05, 0) is 25.1 Å². The van der Waals surface area contributed by atoms with Gasteiger partial charge in [-0.3, -0.25) is 4.79 Å². The third kappa shape index (κ3) is 2.47. The summed E-state index contributed by atoms with van der Waals surface area (Å²) in [5, 5.41) is 8.33. The summed E-state index contributed by atoms with van der Waals surface area (Å²) < 4.78 is 2.21. The minimum atomic E-state index is -0.0983. The lowest BCUT2D eigenvalue weighted by Crippen LogP contribution is -2.23. The van der Waals surface area contributed by atoms with Crippen LogP contribution in [0.3, 0.4) is 0 Å². The summed E-state index contributed by atoms with van der Waals surface area (Å²) in [7, 11) is 0. The van der Waals surface area contributed by atoms with Gasteiger partial charge in [0.05, 0.1) is 5.39 Å². The Morgan fingerprint density at radius 3 is 2.69 bits per heavy atom. The number of rotatable bonds is 1. The van der Waals surface area contributed by atoms with E-state index in [-0.39, 0.29) is 5.56 Å². The van der Waals surface area contributed by atoms with Crippen LogP contribution < -0.4 is 5.56 Å². The zero-order chi connectivity index (χ0) is 12.1. The molecule has 86 valence electrons. The van der Waals surface area contributed by atoms with Gasteiger partial charge < -0.3 is 0 Å². The van der Waals surface area contributed by atoms with Crippen molar-refractivity contribution in [2.45, 2.75) is 27.3 Å². The monoisotopic (exact) mass is 283 g/mol. The number of halogens is 1. The van der Waals surface area contributed by atoms with E-state index >= 15 is 0 Å². The van der Waals surface area contributed by atoms with Crippen molar-refractivity contribution >= 4 is 26.8 Å². The van der Waals surface area contributed by atoms with Crippen LogP contribution >= 0.6 is 15.9 Å². The fraction of sp³-hybridized carbons (Fsp3) is 0.364. The van der Waals surface area contributed by atoms with Gasteiger partial charge in [-0.2, -0.15) is 0 Å². The third-order valence-corrected chi connectivity index (χ3v) is 2.48. The molecule has 0 unspecified atom stereocenters. The van der Waals surface area contributed by atoms with Gasteiger partial charge in [-0.25, -0.2) is 4.68 Å². The fourth-order valence-corrected chi connectivity index (χ4v) is 1.62. The number of fused-ring (bicyclic) bond motifs is 1. The Kier molecular flexibility index (Phi) is 4.61. The minimum Gasteiger partial charge on any atom is -0.267 e. The number of aryl methyl sites for hydroxylation is 1. The lowest BCUT2D eigenvalue weighted by atomic mass is 10.2. The molecule has 0 saturated heterocycles. The van der Waals surface area contributed by atoms with Crippen molar-refractivity contribution in [2.24, 2.45) is 0 Å². The molecule has 2 aromatic rings. The van der Waals surface area contributed by atoms with Crippen LogP contribution in [0.1, 0.15) is 20.8 Å². The summed E-state index contributed by atoms with van der Waals surface area (Å²) in [6.07, 6.45) is 0. The summed E-state index contributed by atoms with van der Waals surface area (Å²) in [6, 6.07) is 5.37. The molecule has 0 aliphatic heterocycles. The molecule has 1 heterocycles. The Bertz CT molecular complexity index is 536. The standard InChI is InChI=1S/C9H8BrN3O.C2H6/c1-2-13-9(14)7-5-6(10)3-4-8(7)11-12-13;1-2/h3-5H,2H2,1H3;1-2H3. The quantitative estimate of drug-likeness (QED) is 0.808. The highest BCUT2D eigenvalue weighted by atomic mass is 79.9. The van der Waals surface area contributed by atoms with Gasteiger partial charge in [-0.1, -0.05) is 35.0 Å². The van der Waals surface area contributed by atoms with Crippen LogP contribution in [0.25, 0.3) is 10.9 Å². The summed E-state index contributed by atoms with van der Waals surface area (Å²) in [4.78, 5) is 11.8. The van der Waals surface area contributed by atoms with E-state index in [1.807, 2.05) is 26.8 Å². The van der Waals surface area contributed by atoms with E-state index in [0.29, 0.717) is 17.4 Å². The van der Waals surface area contributed by atoms with Gasteiger partial charge >= 0.3 is 0 Å². The molecule has 16 heavy (non-hydrogen) atoms. The molecule has 0 N–H and O–H groups in total. The smallest absolute Gasteiger partial charge is 0.267 e. The minimum absolute atomic E-state index is 0.0983. The van der Waals surface area contributed by atoms with Crippen molar-refractivity contribution in [1.82, 2.24) is 15.0 Å². The Labute approximate surface area is 102 Å². The second-order valence-electron chi connectivity index (χ2n) is 2.87. The number of benzene rings is 1. The van der Waals surface area contributed by atoms with Gasteiger partial charge in [0, 0.05) is 11.0 Å². The first-order valence-electron chi connectivity index (χ1n) is 5.25. The second kappa shape index (κ2) is 5.75. The zero-order valence-corrected chi connectivity index (χ0v) is 11.2. The second-order valence-corrected chi connectivity index (χ2v) is 3.79. The molecule has 0 atom stereocenters. The first-order chi connectivity index (χ1) is 7.72. The molecular weight excluding hydrogens is 270 g/mol. The number of nitrogens with zero attached hydrogens (tertiary/aromatic N) is 3. The van der Waals surface area contributed by atoms with E-state index in [9.17, 15) is 4.79 Å². The highest BCUT2D eigenvalue weighted by Gasteiger charge is 2.03. The van der Waals surface area contributed by atoms with E-state index in [0.717, 1.165) is 4.47 Å². The Morgan fingerprint density at radius 1 is 1.38 bits per heavy atom. The molecule has 4 nitrogen and oxygen atoms in total. The van der Waals surface area contributed by atoms with Crippen LogP contribution in [0.15, 0.2) is 27.5 Å². The molecule has 5 heteroatoms. The molecule has 0 spiro atoms. The van der Waals surface area contributed by atoms with Crippen LogP contribution in [0.5, 0.6) is 0 Å². The summed E-state index contributed by atoms with van der Waals surface area (Å²) in [5.41, 5.74) is 0.529. The molecule has 0 radical (unpaired) electrons. The summed E-state index contributed by atoms with van der Waals surface area (Å²) >= 11 is 3.32. The Hall–Kier alpha value is -1.23. The molecule has 0 bridgehead atoms. The van der Waals surface area contributed by atoms with Crippen molar-refractivity contribution in [3.63, 3.8) is 0 Å². The fourth-order valence-electron chi connectivity index (χ4n) is 1.26. The maximum atomic E-state index is 11.8. The van der Waals surface area contributed by atoms with Gasteiger partial charge in [0.1, 0.15) is 5.52 Å². The van der Waals surface area contributed by atoms with Crippen molar-refractivity contribution in [1.29, 1.82) is 0 Å². The molecule has 0 fully saturated rings. The molecule has 1 aromatic carbocycles. The van der Waals surface area contributed by atoms with E-state index in [1.165, 1.54) is 4.68 Å². The van der Waals surface area contributed by atoms with Gasteiger partial charge in [-0.15, -0.1) is 5.10 Å². The molecular formula is C11H14BrN3O. The Morgan fingerprint density at radius 2 is 2.06 bits per heavy atom. The topological polar surface area (TPSA) is 47.8 Å². The van der Waals surface area contributed by atoms with Crippen molar-refractivity contribution < 1.29 is 0 Å². The summed E-state index contributed by atoms with van der Waals surface area (Å²) in [5.74, 6) is 0. The van der Waals surface area contributed by atoms with Crippen LogP contribution in [-0.2, 0) is 6.54 Å². The number of hydrogen-bond acceptors (Lipinski definition) is 3. The van der Waals surface area contributed by atoms with Crippen molar-refractivity contribution in [3.8, 4) is 0 Å². The van der Waals surface area contributed by atoms with E-state index in [1.54, 1.807) is 12.1 Å². The molecule has 0 aliphatic carbocycles. The van der Waals surface area contributed by atoms with Crippen molar-refractivity contribution in [2.75, 3.05) is 0 Å². The Balaban J connectivity index is 0.000000606. The molecule has 2 rings (SSSR count). The normalized spacial score (nSPS) is 9.75. The lowest BCUT2D eigenvalue weighted by Gasteiger charge is -2.00. The first kappa shape index (κ1) is 12.8. The molecule has 0 amide bonds. The average Bonchev–Trinajstić information content (AvgIpc) is 2.33. The van der Waals surface area contributed by atoms with Gasteiger partial charge in [0.15, 0.2) is 0 Å². The van der Waals surface area contributed by atoms with E-state index < -0.39 is 0 Å². The lowest BCUT2D eigenvalue weighted by molar-refractivity contribution is 0.581. The molecule has 0 aliphatic rings. The predicted octanol–water partition coefficient (Wildman–Crippen LogP) is 2.60. The number of hydrogen-bond donors (Lipinski definition) is 0. The average molecular weight is 284 g/mol. The van der Waals surface area contributed by atoms with Gasteiger partial charge in [0.25, 0.3) is 5.56 Å². The third-order valence-electron chi connectivity index (χ3n) is 1.98. The highest BCUT2D eigenvalue weighted by molar-refractivity contribution is 9.10. The number of aromatic nitrogens is 3. The van der Waals surface area contributed by atoms with Crippen LogP contribution in [-0.4, -0.2) is 15.0 Å². The highest BCUT2D eigenvalue weighted by Crippen LogP contribution is 2.14. The van der Waals surface area contributed by atoms with Gasteiger partial charge in [0.2, 0.25) is 0 Å². The van der Waals surface area contributed by atoms with Crippen molar-refractivity contribution in [3.05, 3.63) is 33.0 Å². The van der Waals surface area contributed by atoms with E-state index in [4.69, 9.17) is 0 Å². The first-order valence-corrected chi connectivity index (χ1v) is 6.04. The van der Waals surface area contributed by atoms with Crippen LogP contribution in [0, 0.1) is 0 Å². The molecule has 0 saturated carbocycles. The predicted molar refractivity (Wildman–Crippen MR) is 68.5 cm³/mol. The molecule has 1 aromatic heterocycles. The zero-order valence-electron chi connectivity index (χ0n) is 9.57. The van der Waals surface area contributed by atoms with E-state index in [2.05, 4.69) is 26.2 Å². The summed E-state index contributed by atoms with van der Waals surface area (Å²) in [6.45, 7) is 6.40. The van der Waals surface area contributed by atoms with Crippen LogP contribution in [0.2, 0.25) is 0 Å². The SMILES string of the molecule is CC.CCn1nnc2ccc(Br)cc2c1=O. The maximum Gasteiger partial charge on any atom is 0.277 e. The van der Waals surface area contributed by atoms with Crippen LogP contribution in [0.4, 0.5) is 0 Å². The maximum absolute atomic E-state index is 11.8.